The Morgan fingerprint density at radius 2 is 1.96 bits per heavy atom. The lowest BCUT2D eigenvalue weighted by molar-refractivity contribution is -0.118. The summed E-state index contributed by atoms with van der Waals surface area (Å²) in [7, 11) is 1.49. The highest BCUT2D eigenvalue weighted by molar-refractivity contribution is 6.32. The zero-order valence-corrected chi connectivity index (χ0v) is 14.5. The number of nitrogens with one attached hydrogen (secondary N) is 1. The smallest absolute Gasteiger partial charge is 0.262 e. The van der Waals surface area contributed by atoms with Crippen LogP contribution in [0.25, 0.3) is 0 Å². The van der Waals surface area contributed by atoms with Crippen molar-refractivity contribution in [2.45, 2.75) is 6.92 Å². The summed E-state index contributed by atoms with van der Waals surface area (Å²) >= 11 is 12.0. The minimum absolute atomic E-state index is 0.240. The van der Waals surface area contributed by atoms with E-state index < -0.39 is 0 Å². The molecule has 0 aromatic heterocycles. The molecule has 5 nitrogen and oxygen atoms in total. The number of carbonyl (C=O) groups excluding carboxylic acids is 1. The van der Waals surface area contributed by atoms with Crippen LogP contribution in [0.3, 0.4) is 0 Å². The number of hydrogen-bond donors (Lipinski definition) is 1. The van der Waals surface area contributed by atoms with Crippen LogP contribution in [0.5, 0.6) is 11.5 Å². The molecule has 0 bridgehead atoms. The fourth-order valence-electron chi connectivity index (χ4n) is 1.95. The molecule has 7 heteroatoms. The number of anilines is 1. The molecule has 0 aliphatic rings. The van der Waals surface area contributed by atoms with E-state index in [1.54, 1.807) is 24.3 Å². The number of halogens is 2. The van der Waals surface area contributed by atoms with Crippen molar-refractivity contribution in [2.75, 3.05) is 19.0 Å². The Balaban J connectivity index is 2.04. The lowest BCUT2D eigenvalue weighted by atomic mass is 10.2. The number of amides is 1. The van der Waals surface area contributed by atoms with Gasteiger partial charge in [-0.3, -0.25) is 4.79 Å². The largest absolute Gasteiger partial charge is 0.495 e. The maximum absolute atomic E-state index is 12.1. The SMILES string of the molecule is COc1cc(Cl)c(C)cc1NC(=O)COc1ccc(C#N)cc1Cl. The van der Waals surface area contributed by atoms with Gasteiger partial charge in [-0.2, -0.15) is 5.26 Å². The third-order valence-electron chi connectivity index (χ3n) is 3.17. The van der Waals surface area contributed by atoms with Crippen molar-refractivity contribution in [2.24, 2.45) is 0 Å². The minimum atomic E-state index is -0.379. The summed E-state index contributed by atoms with van der Waals surface area (Å²) in [5.41, 5.74) is 1.72. The van der Waals surface area contributed by atoms with E-state index in [0.717, 1.165) is 5.56 Å². The van der Waals surface area contributed by atoms with Gasteiger partial charge in [0.2, 0.25) is 0 Å². The summed E-state index contributed by atoms with van der Waals surface area (Å²) in [6.07, 6.45) is 0. The molecular weight excluding hydrogens is 351 g/mol. The van der Waals surface area contributed by atoms with Crippen molar-refractivity contribution in [3.8, 4) is 17.6 Å². The van der Waals surface area contributed by atoms with E-state index in [0.29, 0.717) is 27.8 Å². The molecule has 0 aliphatic carbocycles. The van der Waals surface area contributed by atoms with Crippen molar-refractivity contribution < 1.29 is 14.3 Å². The minimum Gasteiger partial charge on any atom is -0.495 e. The normalized spacial score (nSPS) is 9.96. The molecule has 0 spiro atoms. The van der Waals surface area contributed by atoms with Gasteiger partial charge >= 0.3 is 0 Å². The van der Waals surface area contributed by atoms with Crippen LogP contribution in [-0.2, 0) is 4.79 Å². The molecule has 2 aromatic rings. The van der Waals surface area contributed by atoms with Crippen molar-refractivity contribution in [1.82, 2.24) is 0 Å². The van der Waals surface area contributed by atoms with Crippen LogP contribution in [0.4, 0.5) is 5.69 Å². The molecule has 0 radical (unpaired) electrons. The third kappa shape index (κ3) is 4.31. The lowest BCUT2D eigenvalue weighted by Gasteiger charge is -2.13. The number of carbonyl (C=O) groups is 1. The summed E-state index contributed by atoms with van der Waals surface area (Å²) in [5, 5.41) is 12.3. The van der Waals surface area contributed by atoms with Crippen LogP contribution in [0.1, 0.15) is 11.1 Å². The number of aryl methyl sites for hydroxylation is 1. The van der Waals surface area contributed by atoms with Crippen molar-refractivity contribution in [3.05, 3.63) is 51.5 Å². The Labute approximate surface area is 149 Å². The second-order valence-electron chi connectivity index (χ2n) is 4.90. The fourth-order valence-corrected chi connectivity index (χ4v) is 2.34. The van der Waals surface area contributed by atoms with E-state index in [4.69, 9.17) is 37.9 Å². The number of hydrogen-bond acceptors (Lipinski definition) is 4. The van der Waals surface area contributed by atoms with Gasteiger partial charge in [0.15, 0.2) is 6.61 Å². The maximum atomic E-state index is 12.1. The van der Waals surface area contributed by atoms with Gasteiger partial charge in [-0.15, -0.1) is 0 Å². The van der Waals surface area contributed by atoms with Gasteiger partial charge in [-0.1, -0.05) is 23.2 Å². The first-order valence-corrected chi connectivity index (χ1v) is 7.66. The molecule has 2 rings (SSSR count). The number of nitriles is 1. The number of nitrogens with zero attached hydrogens (tertiary/aromatic N) is 1. The van der Waals surface area contributed by atoms with Gasteiger partial charge in [-0.25, -0.2) is 0 Å². The maximum Gasteiger partial charge on any atom is 0.262 e. The first-order chi connectivity index (χ1) is 11.4. The summed E-state index contributed by atoms with van der Waals surface area (Å²) < 4.78 is 10.6. The molecule has 24 heavy (non-hydrogen) atoms. The highest BCUT2D eigenvalue weighted by atomic mass is 35.5. The average Bonchev–Trinajstić information content (AvgIpc) is 2.56. The second-order valence-corrected chi connectivity index (χ2v) is 5.71. The van der Waals surface area contributed by atoms with Crippen LogP contribution in [0, 0.1) is 18.3 Å². The summed E-state index contributed by atoms with van der Waals surface area (Å²) in [5.74, 6) is 0.399. The van der Waals surface area contributed by atoms with E-state index in [9.17, 15) is 4.79 Å². The van der Waals surface area contributed by atoms with Gasteiger partial charge < -0.3 is 14.8 Å². The molecule has 0 saturated heterocycles. The van der Waals surface area contributed by atoms with Crippen molar-refractivity contribution >= 4 is 34.8 Å². The summed E-state index contributed by atoms with van der Waals surface area (Å²) in [4.78, 5) is 12.1. The van der Waals surface area contributed by atoms with Gasteiger partial charge in [0.1, 0.15) is 11.5 Å². The van der Waals surface area contributed by atoms with Gasteiger partial charge in [0.05, 0.1) is 29.5 Å². The Bertz CT molecular complexity index is 816. The molecule has 0 fully saturated rings. The first-order valence-electron chi connectivity index (χ1n) is 6.91. The second kappa shape index (κ2) is 7.91. The van der Waals surface area contributed by atoms with Crippen LogP contribution < -0.4 is 14.8 Å². The van der Waals surface area contributed by atoms with Crippen LogP contribution in [-0.4, -0.2) is 19.6 Å². The predicted octanol–water partition coefficient (Wildman–Crippen LogP) is 4.20. The fraction of sp³-hybridized carbons (Fsp3) is 0.176. The molecule has 0 heterocycles. The molecule has 0 atom stereocenters. The molecule has 2 aromatic carbocycles. The van der Waals surface area contributed by atoms with E-state index in [2.05, 4.69) is 5.32 Å². The molecule has 0 saturated carbocycles. The number of methoxy groups -OCH3 is 1. The molecule has 0 unspecified atom stereocenters. The van der Waals surface area contributed by atoms with E-state index in [1.165, 1.54) is 13.2 Å². The highest BCUT2D eigenvalue weighted by Crippen LogP contribution is 2.31. The Morgan fingerprint density at radius 3 is 2.58 bits per heavy atom. The average molecular weight is 365 g/mol. The molecule has 124 valence electrons. The van der Waals surface area contributed by atoms with Crippen LogP contribution in [0.2, 0.25) is 10.0 Å². The summed E-state index contributed by atoms with van der Waals surface area (Å²) in [6.45, 7) is 1.58. The van der Waals surface area contributed by atoms with E-state index in [-0.39, 0.29) is 17.5 Å². The van der Waals surface area contributed by atoms with Gasteiger partial charge in [-0.05, 0) is 36.8 Å². The van der Waals surface area contributed by atoms with Gasteiger partial charge in [0, 0.05) is 11.1 Å². The zero-order valence-electron chi connectivity index (χ0n) is 13.0. The quantitative estimate of drug-likeness (QED) is 0.862. The van der Waals surface area contributed by atoms with E-state index >= 15 is 0 Å². The Hall–Kier alpha value is -2.42. The van der Waals surface area contributed by atoms with Crippen LogP contribution >= 0.6 is 23.2 Å². The third-order valence-corrected chi connectivity index (χ3v) is 3.88. The molecule has 1 N–H and O–H groups in total. The monoisotopic (exact) mass is 364 g/mol. The Morgan fingerprint density at radius 1 is 1.21 bits per heavy atom. The van der Waals surface area contributed by atoms with Crippen molar-refractivity contribution in [1.29, 1.82) is 5.26 Å². The number of benzene rings is 2. The predicted molar refractivity (Wildman–Crippen MR) is 93.0 cm³/mol. The first kappa shape index (κ1) is 17.9. The molecular formula is C17H14Cl2N2O3. The zero-order chi connectivity index (χ0) is 17.7. The standard InChI is InChI=1S/C17H14Cl2N2O3/c1-10-5-14(16(23-2)7-12(10)18)21-17(22)9-24-15-4-3-11(8-20)6-13(15)19/h3-7H,9H2,1-2H3,(H,21,22). The molecule has 1 amide bonds. The highest BCUT2D eigenvalue weighted by Gasteiger charge is 2.12. The number of ether oxygens (including phenoxy) is 2. The van der Waals surface area contributed by atoms with Crippen LogP contribution in [0.15, 0.2) is 30.3 Å². The lowest BCUT2D eigenvalue weighted by Crippen LogP contribution is -2.20. The van der Waals surface area contributed by atoms with Crippen molar-refractivity contribution in [3.63, 3.8) is 0 Å². The molecule has 0 aliphatic heterocycles. The summed E-state index contributed by atoms with van der Waals surface area (Å²) in [6, 6.07) is 9.89. The van der Waals surface area contributed by atoms with E-state index in [1.807, 2.05) is 13.0 Å². The topological polar surface area (TPSA) is 71.3 Å². The Kier molecular flexibility index (Phi) is 5.91. The number of rotatable bonds is 5. The van der Waals surface area contributed by atoms with Gasteiger partial charge in [0.25, 0.3) is 5.91 Å².